The third-order valence-electron chi connectivity index (χ3n) is 3.80. The first-order valence-corrected chi connectivity index (χ1v) is 7.84. The van der Waals surface area contributed by atoms with Crippen LogP contribution in [0.3, 0.4) is 0 Å². The Bertz CT molecular complexity index is 605. The molecule has 3 amide bonds. The van der Waals surface area contributed by atoms with E-state index in [-0.39, 0.29) is 23.8 Å². The first-order chi connectivity index (χ1) is 10.9. The summed E-state index contributed by atoms with van der Waals surface area (Å²) in [4.78, 5) is 39.4. The lowest BCUT2D eigenvalue weighted by molar-refractivity contribution is -0.130. The second kappa shape index (κ2) is 7.26. The summed E-state index contributed by atoms with van der Waals surface area (Å²) >= 11 is 0. The lowest BCUT2D eigenvalue weighted by Gasteiger charge is -2.34. The summed E-state index contributed by atoms with van der Waals surface area (Å²) in [5, 5.41) is 2.81. The number of hydrogen-bond acceptors (Lipinski definition) is 3. The number of rotatable bonds is 3. The van der Waals surface area contributed by atoms with E-state index in [4.69, 9.17) is 0 Å². The van der Waals surface area contributed by atoms with E-state index < -0.39 is 0 Å². The molecule has 6 nitrogen and oxygen atoms in total. The molecule has 0 unspecified atom stereocenters. The van der Waals surface area contributed by atoms with Crippen LogP contribution in [0.4, 0.5) is 0 Å². The van der Waals surface area contributed by atoms with Crippen LogP contribution in [0.15, 0.2) is 24.3 Å². The van der Waals surface area contributed by atoms with Crippen molar-refractivity contribution in [3.8, 4) is 0 Å². The normalized spacial score (nSPS) is 14.8. The first-order valence-electron chi connectivity index (χ1n) is 7.84. The molecule has 1 aliphatic heterocycles. The maximum Gasteiger partial charge on any atom is 0.253 e. The highest BCUT2D eigenvalue weighted by molar-refractivity contribution is 5.99. The average Bonchev–Trinajstić information content (AvgIpc) is 2.53. The van der Waals surface area contributed by atoms with Gasteiger partial charge in [-0.1, -0.05) is 6.07 Å². The number of carbonyl (C=O) groups excluding carboxylic acids is 3. The lowest BCUT2D eigenvalue weighted by Crippen LogP contribution is -2.50. The number of benzene rings is 1. The van der Waals surface area contributed by atoms with Gasteiger partial charge in [0.15, 0.2) is 0 Å². The molecule has 1 aromatic carbocycles. The molecule has 124 valence electrons. The monoisotopic (exact) mass is 317 g/mol. The van der Waals surface area contributed by atoms with Crippen molar-refractivity contribution in [3.05, 3.63) is 35.4 Å². The quantitative estimate of drug-likeness (QED) is 0.908. The van der Waals surface area contributed by atoms with E-state index in [0.29, 0.717) is 37.3 Å². The fourth-order valence-corrected chi connectivity index (χ4v) is 2.55. The third-order valence-corrected chi connectivity index (χ3v) is 3.80. The van der Waals surface area contributed by atoms with Crippen LogP contribution in [0.2, 0.25) is 0 Å². The Balaban J connectivity index is 2.06. The fourth-order valence-electron chi connectivity index (χ4n) is 2.55. The Morgan fingerprint density at radius 2 is 1.57 bits per heavy atom. The van der Waals surface area contributed by atoms with Gasteiger partial charge in [0.1, 0.15) is 0 Å². The zero-order chi connectivity index (χ0) is 17.0. The van der Waals surface area contributed by atoms with Crippen molar-refractivity contribution in [2.45, 2.75) is 26.8 Å². The molecule has 0 bridgehead atoms. The predicted molar refractivity (Wildman–Crippen MR) is 87.2 cm³/mol. The Morgan fingerprint density at radius 1 is 1.00 bits per heavy atom. The molecule has 1 aromatic rings. The molecule has 0 saturated carbocycles. The number of nitrogens with zero attached hydrogens (tertiary/aromatic N) is 2. The topological polar surface area (TPSA) is 69.7 Å². The molecule has 6 heteroatoms. The highest BCUT2D eigenvalue weighted by Crippen LogP contribution is 2.11. The van der Waals surface area contributed by atoms with Crippen molar-refractivity contribution in [3.63, 3.8) is 0 Å². The molecular weight excluding hydrogens is 294 g/mol. The zero-order valence-electron chi connectivity index (χ0n) is 13.8. The highest BCUT2D eigenvalue weighted by atomic mass is 16.2. The molecule has 0 spiro atoms. The summed E-state index contributed by atoms with van der Waals surface area (Å²) in [6.07, 6.45) is 0. The molecule has 0 atom stereocenters. The minimum absolute atomic E-state index is 0.0319. The second-order valence-electron chi connectivity index (χ2n) is 6.01. The largest absolute Gasteiger partial charge is 0.350 e. The number of nitrogens with one attached hydrogen (secondary N) is 1. The standard InChI is InChI=1S/C17H23N3O3/c1-12(2)18-16(22)14-5-4-6-15(11-14)17(23)20-9-7-19(8-10-20)13(3)21/h4-6,11-12H,7-10H2,1-3H3,(H,18,22). The van der Waals surface area contributed by atoms with Gasteiger partial charge in [-0.15, -0.1) is 0 Å². The molecular formula is C17H23N3O3. The minimum Gasteiger partial charge on any atom is -0.350 e. The summed E-state index contributed by atoms with van der Waals surface area (Å²) < 4.78 is 0. The van der Waals surface area contributed by atoms with E-state index in [9.17, 15) is 14.4 Å². The lowest BCUT2D eigenvalue weighted by atomic mass is 10.1. The molecule has 1 saturated heterocycles. The Morgan fingerprint density at radius 3 is 2.13 bits per heavy atom. The van der Waals surface area contributed by atoms with Gasteiger partial charge in [-0.3, -0.25) is 14.4 Å². The van der Waals surface area contributed by atoms with Crippen molar-refractivity contribution in [2.75, 3.05) is 26.2 Å². The van der Waals surface area contributed by atoms with Gasteiger partial charge < -0.3 is 15.1 Å². The number of hydrogen-bond donors (Lipinski definition) is 1. The van der Waals surface area contributed by atoms with Gasteiger partial charge in [0.25, 0.3) is 11.8 Å². The van der Waals surface area contributed by atoms with E-state index in [1.807, 2.05) is 13.8 Å². The first kappa shape index (κ1) is 17.0. The smallest absolute Gasteiger partial charge is 0.253 e. The van der Waals surface area contributed by atoms with Crippen LogP contribution in [0.1, 0.15) is 41.5 Å². The maximum atomic E-state index is 12.6. The van der Waals surface area contributed by atoms with Crippen LogP contribution in [0.5, 0.6) is 0 Å². The van der Waals surface area contributed by atoms with Crippen molar-refractivity contribution >= 4 is 17.7 Å². The molecule has 1 N–H and O–H groups in total. The summed E-state index contributed by atoms with van der Waals surface area (Å²) in [5.41, 5.74) is 0.976. The van der Waals surface area contributed by atoms with Crippen molar-refractivity contribution in [2.24, 2.45) is 0 Å². The molecule has 1 fully saturated rings. The number of amides is 3. The van der Waals surface area contributed by atoms with E-state index in [1.54, 1.807) is 34.1 Å². The van der Waals surface area contributed by atoms with Gasteiger partial charge in [0.05, 0.1) is 0 Å². The van der Waals surface area contributed by atoms with Crippen LogP contribution in [0, 0.1) is 0 Å². The van der Waals surface area contributed by atoms with Gasteiger partial charge in [0.2, 0.25) is 5.91 Å². The number of piperazine rings is 1. The molecule has 2 rings (SSSR count). The van der Waals surface area contributed by atoms with Crippen LogP contribution in [-0.2, 0) is 4.79 Å². The van der Waals surface area contributed by atoms with Crippen molar-refractivity contribution in [1.29, 1.82) is 0 Å². The van der Waals surface area contributed by atoms with Crippen molar-refractivity contribution < 1.29 is 14.4 Å². The van der Waals surface area contributed by atoms with Crippen molar-refractivity contribution in [1.82, 2.24) is 15.1 Å². The Labute approximate surface area is 136 Å². The van der Waals surface area contributed by atoms with E-state index >= 15 is 0 Å². The van der Waals surface area contributed by atoms with E-state index in [0.717, 1.165) is 0 Å². The van der Waals surface area contributed by atoms with Crippen LogP contribution >= 0.6 is 0 Å². The summed E-state index contributed by atoms with van der Waals surface area (Å²) in [5.74, 6) is -0.257. The fraction of sp³-hybridized carbons (Fsp3) is 0.471. The van der Waals surface area contributed by atoms with Gasteiger partial charge in [0, 0.05) is 50.3 Å². The van der Waals surface area contributed by atoms with Gasteiger partial charge in [-0.2, -0.15) is 0 Å². The third kappa shape index (κ3) is 4.31. The predicted octanol–water partition coefficient (Wildman–Crippen LogP) is 1.13. The van der Waals surface area contributed by atoms with Crippen LogP contribution in [-0.4, -0.2) is 59.7 Å². The van der Waals surface area contributed by atoms with Crippen LogP contribution in [0.25, 0.3) is 0 Å². The maximum absolute atomic E-state index is 12.6. The van der Waals surface area contributed by atoms with E-state index in [2.05, 4.69) is 5.32 Å². The summed E-state index contributed by atoms with van der Waals surface area (Å²) in [6, 6.07) is 6.79. The van der Waals surface area contributed by atoms with E-state index in [1.165, 1.54) is 6.92 Å². The van der Waals surface area contributed by atoms with Gasteiger partial charge >= 0.3 is 0 Å². The Hall–Kier alpha value is -2.37. The molecule has 0 aromatic heterocycles. The highest BCUT2D eigenvalue weighted by Gasteiger charge is 2.23. The molecule has 0 radical (unpaired) electrons. The minimum atomic E-state index is -0.184. The molecule has 0 aliphatic carbocycles. The van der Waals surface area contributed by atoms with Gasteiger partial charge in [-0.05, 0) is 32.0 Å². The molecule has 1 aliphatic rings. The Kier molecular flexibility index (Phi) is 5.36. The SMILES string of the molecule is CC(=O)N1CCN(C(=O)c2cccc(C(=O)NC(C)C)c2)CC1. The van der Waals surface area contributed by atoms with Crippen LogP contribution < -0.4 is 5.32 Å². The average molecular weight is 317 g/mol. The summed E-state index contributed by atoms with van der Waals surface area (Å²) in [7, 11) is 0. The number of carbonyl (C=O) groups is 3. The second-order valence-corrected chi connectivity index (χ2v) is 6.01. The molecule has 23 heavy (non-hydrogen) atoms. The summed E-state index contributed by atoms with van der Waals surface area (Å²) in [6.45, 7) is 7.45. The van der Waals surface area contributed by atoms with Gasteiger partial charge in [-0.25, -0.2) is 0 Å². The molecule has 1 heterocycles. The zero-order valence-corrected chi connectivity index (χ0v) is 13.8.